The van der Waals surface area contributed by atoms with E-state index in [0.717, 1.165) is 30.9 Å². The van der Waals surface area contributed by atoms with Crippen molar-refractivity contribution in [1.29, 1.82) is 0 Å². The van der Waals surface area contributed by atoms with Crippen molar-refractivity contribution in [3.8, 4) is 11.1 Å². The van der Waals surface area contributed by atoms with Gasteiger partial charge in [-0.25, -0.2) is 0 Å². The molecule has 1 atom stereocenters. The molecular formula is C20H22N2O. The molecule has 3 nitrogen and oxygen atoms in total. The van der Waals surface area contributed by atoms with Gasteiger partial charge >= 0.3 is 0 Å². The average molecular weight is 306 g/mol. The minimum Gasteiger partial charge on any atom is -0.315 e. The fraction of sp³-hybridized carbons (Fsp3) is 0.400. The molecule has 0 fully saturated rings. The largest absolute Gasteiger partial charge is 0.315 e. The number of carbonyl (C=O) groups is 1. The highest BCUT2D eigenvalue weighted by molar-refractivity contribution is 5.96. The third-order valence-electron chi connectivity index (χ3n) is 5.34. The topological polar surface area (TPSA) is 33.2 Å². The van der Waals surface area contributed by atoms with Crippen LogP contribution in [-0.4, -0.2) is 17.9 Å². The third-order valence-corrected chi connectivity index (χ3v) is 5.34. The van der Waals surface area contributed by atoms with Gasteiger partial charge in [-0.2, -0.15) is 0 Å². The Morgan fingerprint density at radius 1 is 1.13 bits per heavy atom. The molecule has 1 aromatic heterocycles. The summed E-state index contributed by atoms with van der Waals surface area (Å²) in [4.78, 5) is 18.1. The molecule has 3 heteroatoms. The van der Waals surface area contributed by atoms with E-state index in [1.807, 2.05) is 19.4 Å². The first-order chi connectivity index (χ1) is 11.1. The van der Waals surface area contributed by atoms with Gasteiger partial charge in [0.1, 0.15) is 0 Å². The van der Waals surface area contributed by atoms with Crippen molar-refractivity contribution in [3.05, 3.63) is 47.3 Å². The SMILES string of the molecule is C[C@@H]1CCc2c(cncc2-c2ccc3c(c2)CCC(=O)N3C)C1. The van der Waals surface area contributed by atoms with Crippen LogP contribution in [0.25, 0.3) is 11.1 Å². The van der Waals surface area contributed by atoms with Crippen LogP contribution in [-0.2, 0) is 24.1 Å². The van der Waals surface area contributed by atoms with E-state index in [1.54, 1.807) is 4.90 Å². The zero-order valence-corrected chi connectivity index (χ0v) is 13.8. The predicted octanol–water partition coefficient (Wildman–Crippen LogP) is 3.78. The quantitative estimate of drug-likeness (QED) is 0.803. The minimum absolute atomic E-state index is 0.206. The first-order valence-electron chi connectivity index (χ1n) is 8.49. The molecule has 1 aliphatic carbocycles. The number of rotatable bonds is 1. The van der Waals surface area contributed by atoms with Crippen molar-refractivity contribution in [2.75, 3.05) is 11.9 Å². The number of anilines is 1. The Morgan fingerprint density at radius 2 is 2.00 bits per heavy atom. The standard InChI is InChI=1S/C20H22N2O/c1-13-3-6-17-16(9-13)11-21-12-18(17)14-4-7-19-15(10-14)5-8-20(23)22(19)2/h4,7,10-13H,3,5-6,8-9H2,1-2H3/t13-/m1/s1. The molecule has 0 saturated carbocycles. The summed E-state index contributed by atoms with van der Waals surface area (Å²) in [6, 6.07) is 6.49. The van der Waals surface area contributed by atoms with Gasteiger partial charge in [-0.15, -0.1) is 0 Å². The summed E-state index contributed by atoms with van der Waals surface area (Å²) in [6.07, 6.45) is 9.03. The van der Waals surface area contributed by atoms with Crippen LogP contribution in [0.2, 0.25) is 0 Å². The summed E-state index contributed by atoms with van der Waals surface area (Å²) in [7, 11) is 1.87. The lowest BCUT2D eigenvalue weighted by atomic mass is 9.82. The lowest BCUT2D eigenvalue weighted by Gasteiger charge is -2.27. The van der Waals surface area contributed by atoms with Crippen LogP contribution < -0.4 is 4.90 Å². The molecule has 0 spiro atoms. The van der Waals surface area contributed by atoms with Gasteiger partial charge in [0.05, 0.1) is 0 Å². The molecule has 2 aromatic rings. The summed E-state index contributed by atoms with van der Waals surface area (Å²) in [5.41, 5.74) is 7.72. The van der Waals surface area contributed by atoms with E-state index >= 15 is 0 Å². The van der Waals surface area contributed by atoms with Crippen LogP contribution >= 0.6 is 0 Å². The summed E-state index contributed by atoms with van der Waals surface area (Å²) < 4.78 is 0. The van der Waals surface area contributed by atoms with Crippen LogP contribution in [0.3, 0.4) is 0 Å². The Labute approximate surface area is 137 Å². The van der Waals surface area contributed by atoms with E-state index in [1.165, 1.54) is 34.2 Å². The van der Waals surface area contributed by atoms with Gasteiger partial charge in [-0.3, -0.25) is 9.78 Å². The Bertz CT molecular complexity index is 781. The second-order valence-electron chi connectivity index (χ2n) is 6.97. The highest BCUT2D eigenvalue weighted by Crippen LogP contribution is 2.36. The zero-order chi connectivity index (χ0) is 16.0. The molecule has 0 bridgehead atoms. The van der Waals surface area contributed by atoms with Gasteiger partial charge in [-0.05, 0) is 66.0 Å². The molecule has 1 aliphatic heterocycles. The molecule has 0 N–H and O–H groups in total. The number of aromatic nitrogens is 1. The fourth-order valence-corrected chi connectivity index (χ4v) is 3.94. The summed E-state index contributed by atoms with van der Waals surface area (Å²) in [5, 5.41) is 0. The van der Waals surface area contributed by atoms with Crippen LogP contribution in [0.5, 0.6) is 0 Å². The Kier molecular flexibility index (Phi) is 3.44. The molecule has 0 unspecified atom stereocenters. The van der Waals surface area contributed by atoms with Crippen molar-refractivity contribution in [1.82, 2.24) is 4.98 Å². The van der Waals surface area contributed by atoms with Gasteiger partial charge in [-0.1, -0.05) is 13.0 Å². The van der Waals surface area contributed by atoms with E-state index in [0.29, 0.717) is 6.42 Å². The van der Waals surface area contributed by atoms with Crippen molar-refractivity contribution in [3.63, 3.8) is 0 Å². The Balaban J connectivity index is 1.78. The highest BCUT2D eigenvalue weighted by Gasteiger charge is 2.23. The number of hydrogen-bond acceptors (Lipinski definition) is 2. The lowest BCUT2D eigenvalue weighted by Crippen LogP contribution is -2.31. The van der Waals surface area contributed by atoms with Crippen molar-refractivity contribution in [2.45, 2.75) is 39.0 Å². The van der Waals surface area contributed by atoms with Crippen molar-refractivity contribution < 1.29 is 4.79 Å². The number of amides is 1. The second-order valence-corrected chi connectivity index (χ2v) is 6.97. The molecule has 2 heterocycles. The Morgan fingerprint density at radius 3 is 2.87 bits per heavy atom. The van der Waals surface area contributed by atoms with E-state index in [-0.39, 0.29) is 5.91 Å². The van der Waals surface area contributed by atoms with Crippen molar-refractivity contribution >= 4 is 11.6 Å². The monoisotopic (exact) mass is 306 g/mol. The van der Waals surface area contributed by atoms with Crippen LogP contribution in [0.4, 0.5) is 5.69 Å². The molecule has 2 aliphatic rings. The van der Waals surface area contributed by atoms with E-state index in [2.05, 4.69) is 30.1 Å². The molecule has 0 radical (unpaired) electrons. The van der Waals surface area contributed by atoms with Crippen LogP contribution in [0, 0.1) is 5.92 Å². The molecular weight excluding hydrogens is 284 g/mol. The van der Waals surface area contributed by atoms with E-state index in [4.69, 9.17) is 0 Å². The maximum atomic E-state index is 11.8. The first-order valence-corrected chi connectivity index (χ1v) is 8.49. The van der Waals surface area contributed by atoms with Gasteiger partial charge < -0.3 is 4.90 Å². The molecule has 1 aromatic carbocycles. The third kappa shape index (κ3) is 2.44. The number of benzene rings is 1. The van der Waals surface area contributed by atoms with Gasteiger partial charge in [0, 0.05) is 37.1 Å². The highest BCUT2D eigenvalue weighted by atomic mass is 16.2. The van der Waals surface area contributed by atoms with Gasteiger partial charge in [0.15, 0.2) is 0 Å². The molecule has 1 amide bonds. The maximum Gasteiger partial charge on any atom is 0.227 e. The molecule has 118 valence electrons. The lowest BCUT2D eigenvalue weighted by molar-refractivity contribution is -0.118. The van der Waals surface area contributed by atoms with Gasteiger partial charge in [0.25, 0.3) is 0 Å². The van der Waals surface area contributed by atoms with E-state index in [9.17, 15) is 4.79 Å². The molecule has 0 saturated heterocycles. The smallest absolute Gasteiger partial charge is 0.227 e. The zero-order valence-electron chi connectivity index (χ0n) is 13.8. The Hall–Kier alpha value is -2.16. The van der Waals surface area contributed by atoms with Crippen LogP contribution in [0.15, 0.2) is 30.6 Å². The fourth-order valence-electron chi connectivity index (χ4n) is 3.94. The normalized spacial score (nSPS) is 20.2. The van der Waals surface area contributed by atoms with Crippen LogP contribution in [0.1, 0.15) is 36.5 Å². The predicted molar refractivity (Wildman–Crippen MR) is 92.6 cm³/mol. The summed E-state index contributed by atoms with van der Waals surface area (Å²) in [6.45, 7) is 2.32. The number of aryl methyl sites for hydroxylation is 1. The van der Waals surface area contributed by atoms with E-state index < -0.39 is 0 Å². The summed E-state index contributed by atoms with van der Waals surface area (Å²) in [5.74, 6) is 0.959. The number of fused-ring (bicyclic) bond motifs is 2. The number of pyridine rings is 1. The minimum atomic E-state index is 0.206. The maximum absolute atomic E-state index is 11.8. The number of nitrogens with zero attached hydrogens (tertiary/aromatic N) is 2. The molecule has 4 rings (SSSR count). The summed E-state index contributed by atoms with van der Waals surface area (Å²) >= 11 is 0. The first kappa shape index (κ1) is 14.4. The van der Waals surface area contributed by atoms with Gasteiger partial charge in [0.2, 0.25) is 5.91 Å². The number of hydrogen-bond donors (Lipinski definition) is 0. The van der Waals surface area contributed by atoms with Crippen molar-refractivity contribution in [2.24, 2.45) is 5.92 Å². The second kappa shape index (κ2) is 5.48. The average Bonchev–Trinajstić information content (AvgIpc) is 2.57. The number of carbonyl (C=O) groups excluding carboxylic acids is 1. The molecule has 23 heavy (non-hydrogen) atoms.